The van der Waals surface area contributed by atoms with E-state index in [-0.39, 0.29) is 5.91 Å². The highest BCUT2D eigenvalue weighted by atomic mass is 32.2. The highest BCUT2D eigenvalue weighted by Crippen LogP contribution is 2.29. The number of aromatic nitrogens is 3. The molecule has 0 bridgehead atoms. The third-order valence-electron chi connectivity index (χ3n) is 5.54. The van der Waals surface area contributed by atoms with E-state index in [9.17, 15) is 4.79 Å². The van der Waals surface area contributed by atoms with Crippen molar-refractivity contribution in [3.8, 4) is 0 Å². The van der Waals surface area contributed by atoms with Gasteiger partial charge in [-0.3, -0.25) is 9.20 Å². The summed E-state index contributed by atoms with van der Waals surface area (Å²) in [6, 6.07) is 6.48. The van der Waals surface area contributed by atoms with Crippen LogP contribution in [-0.2, 0) is 4.79 Å². The highest BCUT2D eigenvalue weighted by Gasteiger charge is 2.22. The first-order valence-electron chi connectivity index (χ1n) is 9.61. The molecule has 0 saturated carbocycles. The largest absolute Gasteiger partial charge is 0.342 e. The maximum atomic E-state index is 12.7. The molecule has 0 N–H and O–H groups in total. The summed E-state index contributed by atoms with van der Waals surface area (Å²) in [4.78, 5) is 14.7. The van der Waals surface area contributed by atoms with Crippen LogP contribution in [0.2, 0.25) is 0 Å². The van der Waals surface area contributed by atoms with Gasteiger partial charge in [0, 0.05) is 18.5 Å². The van der Waals surface area contributed by atoms with Gasteiger partial charge in [0.2, 0.25) is 5.91 Å². The number of piperidine rings is 1. The van der Waals surface area contributed by atoms with E-state index in [4.69, 9.17) is 0 Å². The zero-order valence-corrected chi connectivity index (χ0v) is 17.3. The number of benzene rings is 1. The van der Waals surface area contributed by atoms with Crippen LogP contribution in [0.15, 0.2) is 23.4 Å². The molecule has 1 fully saturated rings. The molecular formula is C21H26N4OS. The summed E-state index contributed by atoms with van der Waals surface area (Å²) >= 11 is 1.50. The summed E-state index contributed by atoms with van der Waals surface area (Å²) in [7, 11) is 0. The monoisotopic (exact) mass is 382 g/mol. The normalized spacial score (nSPS) is 17.8. The molecule has 142 valence electrons. The molecule has 1 aromatic carbocycles. The number of nitrogens with zero attached hydrogens (tertiary/aromatic N) is 4. The van der Waals surface area contributed by atoms with Crippen molar-refractivity contribution in [3.63, 3.8) is 0 Å². The number of amides is 1. The lowest BCUT2D eigenvalue weighted by molar-refractivity contribution is -0.130. The van der Waals surface area contributed by atoms with Crippen molar-refractivity contribution in [2.45, 2.75) is 45.7 Å². The Kier molecular flexibility index (Phi) is 4.84. The molecule has 3 heterocycles. The average Bonchev–Trinajstić information content (AvgIpc) is 3.07. The van der Waals surface area contributed by atoms with Gasteiger partial charge in [-0.15, -0.1) is 10.2 Å². The Balaban J connectivity index is 1.68. The van der Waals surface area contributed by atoms with Gasteiger partial charge in [0.1, 0.15) is 0 Å². The summed E-state index contributed by atoms with van der Waals surface area (Å²) in [6.45, 7) is 10.3. The number of pyridine rings is 1. The molecule has 4 rings (SSSR count). The summed E-state index contributed by atoms with van der Waals surface area (Å²) < 4.78 is 2.13. The second-order valence-electron chi connectivity index (χ2n) is 7.81. The smallest absolute Gasteiger partial charge is 0.233 e. The number of rotatable bonds is 3. The van der Waals surface area contributed by atoms with Crippen molar-refractivity contribution in [1.29, 1.82) is 0 Å². The van der Waals surface area contributed by atoms with Crippen LogP contribution in [0.4, 0.5) is 0 Å². The van der Waals surface area contributed by atoms with E-state index in [2.05, 4.69) is 60.5 Å². The van der Waals surface area contributed by atoms with Crippen molar-refractivity contribution < 1.29 is 4.79 Å². The number of fused-ring (bicyclic) bond motifs is 3. The van der Waals surface area contributed by atoms with Gasteiger partial charge in [0.25, 0.3) is 0 Å². The van der Waals surface area contributed by atoms with Gasteiger partial charge in [0.15, 0.2) is 10.8 Å². The fourth-order valence-electron chi connectivity index (χ4n) is 4.03. The summed E-state index contributed by atoms with van der Waals surface area (Å²) in [5, 5.41) is 10.8. The van der Waals surface area contributed by atoms with Crippen LogP contribution in [0.5, 0.6) is 0 Å². The van der Waals surface area contributed by atoms with E-state index >= 15 is 0 Å². The minimum absolute atomic E-state index is 0.202. The number of thioether (sulfide) groups is 1. The Morgan fingerprint density at radius 2 is 1.96 bits per heavy atom. The molecule has 6 heteroatoms. The van der Waals surface area contributed by atoms with E-state index < -0.39 is 0 Å². The Labute approximate surface area is 164 Å². The van der Waals surface area contributed by atoms with E-state index in [0.717, 1.165) is 41.4 Å². The molecule has 0 radical (unpaired) electrons. The van der Waals surface area contributed by atoms with Gasteiger partial charge in [0.05, 0.1) is 11.3 Å². The van der Waals surface area contributed by atoms with Crippen molar-refractivity contribution in [3.05, 3.63) is 34.9 Å². The predicted octanol–water partition coefficient (Wildman–Crippen LogP) is 4.16. The first-order chi connectivity index (χ1) is 13.0. The van der Waals surface area contributed by atoms with Crippen molar-refractivity contribution in [2.75, 3.05) is 18.8 Å². The Bertz CT molecular complexity index is 1030. The third kappa shape index (κ3) is 3.31. The third-order valence-corrected chi connectivity index (χ3v) is 6.46. The van der Waals surface area contributed by atoms with Crippen molar-refractivity contribution in [2.24, 2.45) is 5.92 Å². The molecule has 1 aliphatic rings. The first-order valence-corrected chi connectivity index (χ1v) is 10.6. The maximum Gasteiger partial charge on any atom is 0.233 e. The zero-order chi connectivity index (χ0) is 19.1. The molecule has 2 aromatic heterocycles. The van der Waals surface area contributed by atoms with E-state index in [1.807, 2.05) is 4.90 Å². The lowest BCUT2D eigenvalue weighted by Gasteiger charge is -2.30. The molecule has 1 saturated heterocycles. The number of carbonyl (C=O) groups is 1. The molecule has 1 aliphatic heterocycles. The van der Waals surface area contributed by atoms with Gasteiger partial charge in [-0.2, -0.15) is 0 Å². The number of likely N-dealkylation sites (tertiary alicyclic amines) is 1. The quantitative estimate of drug-likeness (QED) is 0.638. The fourth-order valence-corrected chi connectivity index (χ4v) is 4.87. The van der Waals surface area contributed by atoms with Crippen LogP contribution in [0.25, 0.3) is 16.6 Å². The molecule has 0 aliphatic carbocycles. The molecule has 0 spiro atoms. The number of hydrogen-bond acceptors (Lipinski definition) is 4. The molecule has 1 unspecified atom stereocenters. The lowest BCUT2D eigenvalue weighted by Crippen LogP contribution is -2.40. The standard InChI is InChI=1S/C21H26N4OS/c1-13-6-5-9-24(11-13)18(26)12-27-21-23-22-20-16(4)10-17-14(2)7-8-15(3)19(17)25(20)21/h7-8,10,13H,5-6,9,11-12H2,1-4H3. The predicted molar refractivity (Wildman–Crippen MR) is 110 cm³/mol. The van der Waals surface area contributed by atoms with Gasteiger partial charge in [-0.05, 0) is 62.3 Å². The summed E-state index contributed by atoms with van der Waals surface area (Å²) in [5.74, 6) is 1.21. The minimum Gasteiger partial charge on any atom is -0.342 e. The van der Waals surface area contributed by atoms with Gasteiger partial charge in [-0.25, -0.2) is 0 Å². The van der Waals surface area contributed by atoms with Gasteiger partial charge >= 0.3 is 0 Å². The lowest BCUT2D eigenvalue weighted by atomic mass is 10.0. The summed E-state index contributed by atoms with van der Waals surface area (Å²) in [6.07, 6.45) is 2.32. The Hall–Kier alpha value is -2.08. The number of carbonyl (C=O) groups excluding carboxylic acids is 1. The fraction of sp³-hybridized carbons (Fsp3) is 0.476. The van der Waals surface area contributed by atoms with Crippen LogP contribution in [0.3, 0.4) is 0 Å². The van der Waals surface area contributed by atoms with Crippen molar-refractivity contribution in [1.82, 2.24) is 19.5 Å². The van der Waals surface area contributed by atoms with Crippen LogP contribution < -0.4 is 0 Å². The highest BCUT2D eigenvalue weighted by molar-refractivity contribution is 7.99. The van der Waals surface area contributed by atoms with Crippen molar-refractivity contribution >= 4 is 34.2 Å². The Morgan fingerprint density at radius 1 is 1.19 bits per heavy atom. The maximum absolute atomic E-state index is 12.7. The van der Waals surface area contributed by atoms with Gasteiger partial charge in [-0.1, -0.05) is 30.8 Å². The molecule has 1 atom stereocenters. The van der Waals surface area contributed by atoms with Crippen LogP contribution in [0, 0.1) is 26.7 Å². The van der Waals surface area contributed by atoms with Gasteiger partial charge < -0.3 is 4.90 Å². The molecular weight excluding hydrogens is 356 g/mol. The SMILES string of the molecule is Cc1ccc(C)c2c1cc(C)c1nnc(SCC(=O)N3CCCC(C)C3)n12. The molecule has 1 amide bonds. The topological polar surface area (TPSA) is 50.5 Å². The Morgan fingerprint density at radius 3 is 2.74 bits per heavy atom. The van der Waals surface area contributed by atoms with Crippen LogP contribution >= 0.6 is 11.8 Å². The second-order valence-corrected chi connectivity index (χ2v) is 8.75. The number of hydrogen-bond donors (Lipinski definition) is 0. The molecule has 27 heavy (non-hydrogen) atoms. The van der Waals surface area contributed by atoms with Crippen LogP contribution in [0.1, 0.15) is 36.5 Å². The first kappa shape index (κ1) is 18.3. The minimum atomic E-state index is 0.202. The number of aryl methyl sites for hydroxylation is 3. The molecule has 5 nitrogen and oxygen atoms in total. The average molecular weight is 383 g/mol. The molecule has 3 aromatic rings. The van der Waals surface area contributed by atoms with E-state index in [0.29, 0.717) is 11.7 Å². The van der Waals surface area contributed by atoms with E-state index in [1.54, 1.807) is 0 Å². The van der Waals surface area contributed by atoms with Crippen LogP contribution in [-0.4, -0.2) is 44.2 Å². The zero-order valence-electron chi connectivity index (χ0n) is 16.5. The summed E-state index contributed by atoms with van der Waals surface area (Å²) in [5.41, 5.74) is 5.55. The second kappa shape index (κ2) is 7.15. The van der Waals surface area contributed by atoms with E-state index in [1.165, 1.54) is 34.7 Å².